The summed E-state index contributed by atoms with van der Waals surface area (Å²) in [5.74, 6) is 0.921. The third-order valence-electron chi connectivity index (χ3n) is 4.93. The van der Waals surface area contributed by atoms with Gasteiger partial charge in [-0.1, -0.05) is 17.7 Å². The lowest BCUT2D eigenvalue weighted by Gasteiger charge is -2.29. The molecule has 26 heavy (non-hydrogen) atoms. The van der Waals surface area contributed by atoms with Crippen molar-refractivity contribution in [3.8, 4) is 0 Å². The lowest BCUT2D eigenvalue weighted by molar-refractivity contribution is -0.904. The number of piperidine rings is 1. The Morgan fingerprint density at radius 3 is 2.77 bits per heavy atom. The Morgan fingerprint density at radius 1 is 1.27 bits per heavy atom. The highest BCUT2D eigenvalue weighted by atomic mass is 35.5. The fourth-order valence-corrected chi connectivity index (χ4v) is 3.77. The van der Waals surface area contributed by atoms with Gasteiger partial charge in [0, 0.05) is 10.7 Å². The third-order valence-corrected chi connectivity index (χ3v) is 5.70. The molecule has 1 fully saturated rings. The van der Waals surface area contributed by atoms with Gasteiger partial charge in [-0.25, -0.2) is 0 Å². The van der Waals surface area contributed by atoms with Crippen molar-refractivity contribution in [2.45, 2.75) is 32.7 Å². The molecule has 3 rings (SSSR count). The van der Waals surface area contributed by atoms with Crippen molar-refractivity contribution in [3.63, 3.8) is 0 Å². The van der Waals surface area contributed by atoms with Gasteiger partial charge in [-0.2, -0.15) is 0 Å². The van der Waals surface area contributed by atoms with Crippen LogP contribution in [0.3, 0.4) is 0 Å². The van der Waals surface area contributed by atoms with Crippen molar-refractivity contribution in [1.29, 1.82) is 0 Å². The van der Waals surface area contributed by atoms with Gasteiger partial charge in [-0.3, -0.25) is 0 Å². The second-order valence-electron chi connectivity index (χ2n) is 6.96. The number of nitrogens with one attached hydrogen (secondary N) is 2. The molecule has 0 amide bonds. The number of thiocarbonyl (C=S) groups is 1. The van der Waals surface area contributed by atoms with Crippen LogP contribution < -0.4 is 10.2 Å². The summed E-state index contributed by atoms with van der Waals surface area (Å²) in [6, 6.07) is 9.84. The minimum Gasteiger partial charge on any atom is -0.467 e. The minimum absolute atomic E-state index is 0.672. The molecule has 6 heteroatoms. The molecule has 4 nitrogen and oxygen atoms in total. The fourth-order valence-electron chi connectivity index (χ4n) is 3.31. The minimum atomic E-state index is 0.672. The van der Waals surface area contributed by atoms with Gasteiger partial charge in [0.15, 0.2) is 5.11 Å². The summed E-state index contributed by atoms with van der Waals surface area (Å²) >= 11 is 11.9. The van der Waals surface area contributed by atoms with Gasteiger partial charge in [0.05, 0.1) is 39.0 Å². The fraction of sp³-hybridized carbons (Fsp3) is 0.450. The van der Waals surface area contributed by atoms with E-state index in [9.17, 15) is 0 Å². The van der Waals surface area contributed by atoms with Crippen LogP contribution in [0.5, 0.6) is 0 Å². The van der Waals surface area contributed by atoms with E-state index in [4.69, 9.17) is 28.2 Å². The molecule has 0 atom stereocenters. The van der Waals surface area contributed by atoms with E-state index in [2.05, 4.69) is 10.2 Å². The number of furan rings is 1. The maximum Gasteiger partial charge on any atom is 0.174 e. The number of hydrogen-bond donors (Lipinski definition) is 2. The van der Waals surface area contributed by atoms with Crippen molar-refractivity contribution in [1.82, 2.24) is 4.90 Å². The summed E-state index contributed by atoms with van der Waals surface area (Å²) < 4.78 is 5.53. The Hall–Kier alpha value is -1.56. The highest BCUT2D eigenvalue weighted by molar-refractivity contribution is 7.80. The standard InChI is InChI=1S/C20H26ClN3OS/c1-16-7-8-17(14-19(16)21)22-20(26)24(15-18-6-5-13-25-18)12-11-23-9-3-2-4-10-23/h5-8,13-14H,2-4,9-12,15H2,1H3,(H,22,26)/p+1. The van der Waals surface area contributed by atoms with Crippen LogP contribution in [0.2, 0.25) is 5.02 Å². The lowest BCUT2D eigenvalue weighted by Crippen LogP contribution is -3.13. The van der Waals surface area contributed by atoms with Crippen LogP contribution >= 0.6 is 23.8 Å². The quantitative estimate of drug-likeness (QED) is 0.737. The number of rotatable bonds is 6. The normalized spacial score (nSPS) is 15.0. The van der Waals surface area contributed by atoms with Crippen molar-refractivity contribution in [2.24, 2.45) is 0 Å². The monoisotopic (exact) mass is 392 g/mol. The van der Waals surface area contributed by atoms with E-state index >= 15 is 0 Å². The summed E-state index contributed by atoms with van der Waals surface area (Å²) in [6.45, 7) is 7.20. The maximum absolute atomic E-state index is 6.24. The van der Waals surface area contributed by atoms with Crippen molar-refractivity contribution in [2.75, 3.05) is 31.5 Å². The number of likely N-dealkylation sites (tertiary alicyclic amines) is 1. The average Bonchev–Trinajstić information content (AvgIpc) is 3.15. The second kappa shape index (κ2) is 9.40. The molecule has 2 N–H and O–H groups in total. The largest absolute Gasteiger partial charge is 0.467 e. The van der Waals surface area contributed by atoms with E-state index in [0.29, 0.717) is 11.7 Å². The molecule has 0 spiro atoms. The van der Waals surface area contributed by atoms with Gasteiger partial charge in [-0.05, 0) is 68.2 Å². The van der Waals surface area contributed by atoms with E-state index in [-0.39, 0.29) is 0 Å². The molecule has 1 aliphatic heterocycles. The van der Waals surface area contributed by atoms with E-state index in [1.54, 1.807) is 11.2 Å². The highest BCUT2D eigenvalue weighted by Gasteiger charge is 2.18. The van der Waals surface area contributed by atoms with Crippen molar-refractivity contribution >= 4 is 34.6 Å². The molecule has 1 aliphatic rings. The second-order valence-corrected chi connectivity index (χ2v) is 7.75. The van der Waals surface area contributed by atoms with Crippen LogP contribution in [-0.4, -0.2) is 36.2 Å². The number of aryl methyl sites for hydroxylation is 1. The summed E-state index contributed by atoms with van der Waals surface area (Å²) in [7, 11) is 0. The topological polar surface area (TPSA) is 32.9 Å². The van der Waals surface area contributed by atoms with Crippen LogP contribution in [0.15, 0.2) is 41.0 Å². The van der Waals surface area contributed by atoms with Crippen LogP contribution in [0, 0.1) is 6.92 Å². The molecule has 140 valence electrons. The van der Waals surface area contributed by atoms with Crippen LogP contribution in [0.4, 0.5) is 5.69 Å². The number of quaternary nitrogens is 1. The van der Waals surface area contributed by atoms with Crippen LogP contribution in [-0.2, 0) is 6.54 Å². The first-order valence-electron chi connectivity index (χ1n) is 9.30. The van der Waals surface area contributed by atoms with E-state index < -0.39 is 0 Å². The molecule has 1 saturated heterocycles. The lowest BCUT2D eigenvalue weighted by atomic mass is 10.1. The predicted molar refractivity (Wildman–Crippen MR) is 111 cm³/mol. The zero-order chi connectivity index (χ0) is 18.4. The maximum atomic E-state index is 6.24. The summed E-state index contributed by atoms with van der Waals surface area (Å²) in [5, 5.41) is 4.78. The first-order valence-corrected chi connectivity index (χ1v) is 10.1. The molecule has 1 aromatic heterocycles. The first kappa shape index (κ1) is 19.2. The third kappa shape index (κ3) is 5.47. The van der Waals surface area contributed by atoms with Gasteiger partial charge in [0.25, 0.3) is 0 Å². The van der Waals surface area contributed by atoms with Crippen molar-refractivity contribution in [3.05, 3.63) is 52.9 Å². The average molecular weight is 393 g/mol. The number of nitrogens with zero attached hydrogens (tertiary/aromatic N) is 1. The molecule has 0 aliphatic carbocycles. The summed E-state index contributed by atoms with van der Waals surface area (Å²) in [5.41, 5.74) is 1.98. The number of benzene rings is 1. The molecule has 0 radical (unpaired) electrons. The van der Waals surface area contributed by atoms with Gasteiger partial charge >= 0.3 is 0 Å². The van der Waals surface area contributed by atoms with Gasteiger partial charge in [0.2, 0.25) is 0 Å². The van der Waals surface area contributed by atoms with Gasteiger partial charge < -0.3 is 19.5 Å². The van der Waals surface area contributed by atoms with E-state index in [1.807, 2.05) is 37.3 Å². The Bertz CT molecular complexity index is 714. The molecule has 0 bridgehead atoms. The molecular formula is C20H27ClN3OS+. The number of halogens is 1. The van der Waals surface area contributed by atoms with Gasteiger partial charge in [0.1, 0.15) is 5.76 Å². The molecular weight excluding hydrogens is 366 g/mol. The van der Waals surface area contributed by atoms with E-state index in [1.165, 1.54) is 32.4 Å². The molecule has 2 aromatic rings. The smallest absolute Gasteiger partial charge is 0.174 e. The zero-order valence-corrected chi connectivity index (χ0v) is 16.8. The van der Waals surface area contributed by atoms with Crippen LogP contribution in [0.1, 0.15) is 30.6 Å². The Kier molecular flexibility index (Phi) is 6.94. The Balaban J connectivity index is 1.64. The summed E-state index contributed by atoms with van der Waals surface area (Å²) in [6.07, 6.45) is 5.74. The number of anilines is 1. The summed E-state index contributed by atoms with van der Waals surface area (Å²) in [4.78, 5) is 3.85. The highest BCUT2D eigenvalue weighted by Crippen LogP contribution is 2.20. The molecule has 1 aromatic carbocycles. The Labute approximate surface area is 166 Å². The Morgan fingerprint density at radius 2 is 2.08 bits per heavy atom. The van der Waals surface area contributed by atoms with E-state index in [0.717, 1.165) is 35.1 Å². The SMILES string of the molecule is Cc1ccc(NC(=S)N(CC[NH+]2CCCCC2)Cc2ccco2)cc1Cl. The molecule has 2 heterocycles. The molecule has 0 unspecified atom stereocenters. The first-order chi connectivity index (χ1) is 12.6. The van der Waals surface area contributed by atoms with Crippen LogP contribution in [0.25, 0.3) is 0 Å². The molecule has 0 saturated carbocycles. The van der Waals surface area contributed by atoms with Crippen molar-refractivity contribution < 1.29 is 9.32 Å². The van der Waals surface area contributed by atoms with Gasteiger partial charge in [-0.15, -0.1) is 0 Å². The number of hydrogen-bond acceptors (Lipinski definition) is 2. The zero-order valence-electron chi connectivity index (χ0n) is 15.3. The predicted octanol–water partition coefficient (Wildman–Crippen LogP) is 3.51.